The molecule has 25 heavy (non-hydrogen) atoms. The fraction of sp³-hybridized carbons (Fsp3) is 0.444. The van der Waals surface area contributed by atoms with Crippen LogP contribution in [0.15, 0.2) is 29.3 Å². The summed E-state index contributed by atoms with van der Waals surface area (Å²) in [6, 6.07) is 3.66. The Morgan fingerprint density at radius 3 is 2.60 bits per heavy atom. The molecule has 3 aromatic heterocycles. The molecule has 132 valence electrons. The molecule has 7 nitrogen and oxygen atoms in total. The molecule has 0 saturated heterocycles. The summed E-state index contributed by atoms with van der Waals surface area (Å²) in [7, 11) is 0. The summed E-state index contributed by atoms with van der Waals surface area (Å²) in [6.07, 6.45) is 4.34. The number of nitrogens with one attached hydrogen (secondary N) is 1. The monoisotopic (exact) mass is 340 g/mol. The van der Waals surface area contributed by atoms with E-state index in [4.69, 9.17) is 0 Å². The summed E-state index contributed by atoms with van der Waals surface area (Å²) in [5, 5.41) is 5.11. The van der Waals surface area contributed by atoms with E-state index < -0.39 is 0 Å². The number of pyridine rings is 1. The minimum atomic E-state index is -0.149. The molecule has 0 amide bonds. The predicted molar refractivity (Wildman–Crippen MR) is 98.5 cm³/mol. The van der Waals surface area contributed by atoms with Gasteiger partial charge in [0, 0.05) is 24.5 Å². The Bertz CT molecular complexity index is 895. The van der Waals surface area contributed by atoms with Crippen molar-refractivity contribution in [2.24, 2.45) is 0 Å². The van der Waals surface area contributed by atoms with Crippen LogP contribution in [0.1, 0.15) is 26.0 Å². The number of H-pyrrole nitrogens is 1. The maximum atomic E-state index is 12.5. The van der Waals surface area contributed by atoms with E-state index >= 15 is 0 Å². The van der Waals surface area contributed by atoms with E-state index in [0.717, 1.165) is 38.2 Å². The van der Waals surface area contributed by atoms with Crippen molar-refractivity contribution in [2.45, 2.75) is 33.7 Å². The molecule has 0 aliphatic heterocycles. The van der Waals surface area contributed by atoms with E-state index in [1.165, 1.54) is 0 Å². The van der Waals surface area contributed by atoms with Crippen LogP contribution in [0.5, 0.6) is 0 Å². The van der Waals surface area contributed by atoms with Crippen LogP contribution < -0.4 is 5.56 Å². The molecule has 7 heteroatoms. The summed E-state index contributed by atoms with van der Waals surface area (Å²) >= 11 is 0. The Balaban J connectivity index is 1.94. The van der Waals surface area contributed by atoms with Crippen LogP contribution in [0.25, 0.3) is 22.4 Å². The van der Waals surface area contributed by atoms with Crippen LogP contribution in [-0.2, 0) is 6.54 Å². The number of rotatable bonds is 7. The van der Waals surface area contributed by atoms with E-state index in [-0.39, 0.29) is 5.56 Å². The second-order valence-corrected chi connectivity index (χ2v) is 6.04. The van der Waals surface area contributed by atoms with Crippen molar-refractivity contribution in [2.75, 3.05) is 19.6 Å². The van der Waals surface area contributed by atoms with Crippen molar-refractivity contribution >= 4 is 11.0 Å². The van der Waals surface area contributed by atoms with Gasteiger partial charge in [-0.15, -0.1) is 0 Å². The lowest BCUT2D eigenvalue weighted by molar-refractivity contribution is 0.291. The van der Waals surface area contributed by atoms with Crippen LogP contribution in [-0.4, -0.2) is 49.3 Å². The van der Waals surface area contributed by atoms with Crippen LogP contribution in [0, 0.1) is 6.92 Å². The number of hydrogen-bond donors (Lipinski definition) is 1. The lowest BCUT2D eigenvalue weighted by Gasteiger charge is -2.17. The first-order chi connectivity index (χ1) is 12.1. The van der Waals surface area contributed by atoms with Gasteiger partial charge in [0.1, 0.15) is 11.2 Å². The summed E-state index contributed by atoms with van der Waals surface area (Å²) in [5.41, 5.74) is 2.05. The Labute approximate surface area is 146 Å². The third-order valence-corrected chi connectivity index (χ3v) is 4.47. The highest BCUT2D eigenvalue weighted by Crippen LogP contribution is 2.17. The lowest BCUT2D eigenvalue weighted by Crippen LogP contribution is -2.25. The largest absolute Gasteiger partial charge is 0.306 e. The zero-order valence-electron chi connectivity index (χ0n) is 15.0. The first kappa shape index (κ1) is 17.3. The van der Waals surface area contributed by atoms with Crippen molar-refractivity contribution in [1.82, 2.24) is 29.6 Å². The van der Waals surface area contributed by atoms with Gasteiger partial charge in [-0.1, -0.05) is 13.8 Å². The van der Waals surface area contributed by atoms with Gasteiger partial charge in [0.25, 0.3) is 5.56 Å². The molecule has 3 aromatic rings. The molecule has 0 fully saturated rings. The SMILES string of the molecule is CCN(CC)CCCn1nc(C)c2c(=O)[nH]c(-c3ccncc3)nc21. The molecule has 3 rings (SSSR count). The Morgan fingerprint density at radius 1 is 1.20 bits per heavy atom. The first-order valence-electron chi connectivity index (χ1n) is 8.74. The van der Waals surface area contributed by atoms with Crippen LogP contribution >= 0.6 is 0 Å². The van der Waals surface area contributed by atoms with Crippen LogP contribution in [0.4, 0.5) is 0 Å². The molecule has 0 saturated carbocycles. The lowest BCUT2D eigenvalue weighted by atomic mass is 10.2. The molecule has 0 aliphatic carbocycles. The molecule has 0 bridgehead atoms. The van der Waals surface area contributed by atoms with Crippen molar-refractivity contribution in [3.63, 3.8) is 0 Å². The highest BCUT2D eigenvalue weighted by Gasteiger charge is 2.15. The third kappa shape index (κ3) is 3.61. The Hall–Kier alpha value is -2.54. The van der Waals surface area contributed by atoms with Crippen LogP contribution in [0.3, 0.4) is 0 Å². The van der Waals surface area contributed by atoms with E-state index in [2.05, 4.69) is 38.8 Å². The van der Waals surface area contributed by atoms with E-state index in [9.17, 15) is 4.79 Å². The van der Waals surface area contributed by atoms with Crippen LogP contribution in [0.2, 0.25) is 0 Å². The van der Waals surface area contributed by atoms with Gasteiger partial charge < -0.3 is 9.88 Å². The predicted octanol–water partition coefficient (Wildman–Crippen LogP) is 2.22. The fourth-order valence-corrected chi connectivity index (χ4v) is 3.04. The molecular weight excluding hydrogens is 316 g/mol. The normalized spacial score (nSPS) is 11.5. The van der Waals surface area contributed by atoms with Crippen molar-refractivity contribution < 1.29 is 0 Å². The first-order valence-corrected chi connectivity index (χ1v) is 8.74. The van der Waals surface area contributed by atoms with Gasteiger partial charge in [0.2, 0.25) is 0 Å². The maximum absolute atomic E-state index is 12.5. The van der Waals surface area contributed by atoms with Crippen molar-refractivity contribution in [3.05, 3.63) is 40.6 Å². The summed E-state index contributed by atoms with van der Waals surface area (Å²) in [5.74, 6) is 0.546. The van der Waals surface area contributed by atoms with Gasteiger partial charge in [-0.2, -0.15) is 5.10 Å². The standard InChI is InChI=1S/C18H24N6O/c1-4-23(5-2)11-6-12-24-17-15(13(3)22-24)18(25)21-16(20-17)14-7-9-19-10-8-14/h7-10H,4-6,11-12H2,1-3H3,(H,20,21,25). The summed E-state index contributed by atoms with van der Waals surface area (Å²) in [6.45, 7) is 10.0. The Morgan fingerprint density at radius 2 is 1.92 bits per heavy atom. The smallest absolute Gasteiger partial charge is 0.262 e. The molecular formula is C18H24N6O. The summed E-state index contributed by atoms with van der Waals surface area (Å²) < 4.78 is 1.86. The highest BCUT2D eigenvalue weighted by atomic mass is 16.1. The number of hydrogen-bond acceptors (Lipinski definition) is 5. The van der Waals surface area contributed by atoms with Gasteiger partial charge >= 0.3 is 0 Å². The number of aromatic nitrogens is 5. The van der Waals surface area contributed by atoms with Gasteiger partial charge in [0.05, 0.1) is 5.69 Å². The minimum absolute atomic E-state index is 0.149. The number of fused-ring (bicyclic) bond motifs is 1. The highest BCUT2D eigenvalue weighted by molar-refractivity contribution is 5.78. The average Bonchev–Trinajstić information content (AvgIpc) is 2.96. The third-order valence-electron chi connectivity index (χ3n) is 4.47. The molecule has 0 atom stereocenters. The van der Waals surface area contributed by atoms with Gasteiger partial charge in [-0.3, -0.25) is 9.78 Å². The minimum Gasteiger partial charge on any atom is -0.306 e. The second kappa shape index (κ2) is 7.57. The van der Waals surface area contributed by atoms with E-state index in [0.29, 0.717) is 22.6 Å². The van der Waals surface area contributed by atoms with Gasteiger partial charge in [0.15, 0.2) is 5.65 Å². The van der Waals surface area contributed by atoms with Crippen molar-refractivity contribution in [3.8, 4) is 11.4 Å². The summed E-state index contributed by atoms with van der Waals surface area (Å²) in [4.78, 5) is 26.4. The fourth-order valence-electron chi connectivity index (χ4n) is 3.04. The average molecular weight is 340 g/mol. The molecule has 0 aliphatic rings. The number of nitrogens with zero attached hydrogens (tertiary/aromatic N) is 5. The Kier molecular flexibility index (Phi) is 5.23. The van der Waals surface area contributed by atoms with Gasteiger partial charge in [-0.05, 0) is 45.1 Å². The zero-order chi connectivity index (χ0) is 17.8. The number of aryl methyl sites for hydroxylation is 2. The molecule has 1 N–H and O–H groups in total. The molecule has 3 heterocycles. The molecule has 0 radical (unpaired) electrons. The maximum Gasteiger partial charge on any atom is 0.262 e. The van der Waals surface area contributed by atoms with E-state index in [1.807, 2.05) is 23.7 Å². The topological polar surface area (TPSA) is 79.7 Å². The zero-order valence-corrected chi connectivity index (χ0v) is 15.0. The second-order valence-electron chi connectivity index (χ2n) is 6.04. The van der Waals surface area contributed by atoms with E-state index in [1.54, 1.807) is 12.4 Å². The molecule has 0 aromatic carbocycles. The molecule has 0 spiro atoms. The number of aromatic amines is 1. The van der Waals surface area contributed by atoms with Gasteiger partial charge in [-0.25, -0.2) is 9.67 Å². The van der Waals surface area contributed by atoms with Crippen molar-refractivity contribution in [1.29, 1.82) is 0 Å². The molecule has 0 unspecified atom stereocenters. The quantitative estimate of drug-likeness (QED) is 0.713.